The lowest BCUT2D eigenvalue weighted by molar-refractivity contribution is 0.241. The van der Waals surface area contributed by atoms with Crippen LogP contribution in [0.2, 0.25) is 0 Å². The summed E-state index contributed by atoms with van der Waals surface area (Å²) in [4.78, 5) is 27.1. The van der Waals surface area contributed by atoms with E-state index in [1.165, 1.54) is 6.21 Å². The van der Waals surface area contributed by atoms with E-state index >= 15 is 0 Å². The molecule has 0 spiro atoms. The van der Waals surface area contributed by atoms with Crippen molar-refractivity contribution in [1.82, 2.24) is 9.66 Å². The topological polar surface area (TPSA) is 76.5 Å². The molecule has 3 rings (SSSR count). The first-order valence-electron chi connectivity index (χ1n) is 7.70. The first kappa shape index (κ1) is 17.2. The number of fused-ring (bicyclic) bond motifs is 1. The van der Waals surface area contributed by atoms with Crippen LogP contribution in [-0.2, 0) is 0 Å². The number of aromatic amines is 1. The average molecular weight is 402 g/mol. The van der Waals surface area contributed by atoms with E-state index in [4.69, 9.17) is 4.74 Å². The van der Waals surface area contributed by atoms with Crippen molar-refractivity contribution >= 4 is 33.0 Å². The Morgan fingerprint density at radius 3 is 2.68 bits per heavy atom. The zero-order valence-electron chi connectivity index (χ0n) is 13.7. The van der Waals surface area contributed by atoms with Crippen molar-refractivity contribution in [3.8, 4) is 5.75 Å². The Hall–Kier alpha value is -2.67. The third-order valence-electron chi connectivity index (χ3n) is 3.42. The molecule has 1 heterocycles. The van der Waals surface area contributed by atoms with Crippen LogP contribution in [0, 0.1) is 0 Å². The number of hydrogen-bond acceptors (Lipinski definition) is 4. The van der Waals surface area contributed by atoms with Crippen molar-refractivity contribution in [2.75, 3.05) is 0 Å². The van der Waals surface area contributed by atoms with E-state index in [9.17, 15) is 9.59 Å². The Bertz CT molecular complexity index is 1070. The highest BCUT2D eigenvalue weighted by Crippen LogP contribution is 2.26. The quantitative estimate of drug-likeness (QED) is 0.682. The van der Waals surface area contributed by atoms with Crippen LogP contribution in [-0.4, -0.2) is 22.0 Å². The standard InChI is InChI=1S/C18H16BrN3O3/c1-11(2)25-16-8-7-12(9-14(16)19)10-20-22-17(23)13-5-3-4-6-15(13)21-18(22)24/h3-11H,1-2H3,(H,21,24). The summed E-state index contributed by atoms with van der Waals surface area (Å²) in [6, 6.07) is 12.2. The number of benzene rings is 2. The lowest BCUT2D eigenvalue weighted by Gasteiger charge is -2.11. The van der Waals surface area contributed by atoms with Crippen molar-refractivity contribution < 1.29 is 4.74 Å². The van der Waals surface area contributed by atoms with Gasteiger partial charge in [-0.1, -0.05) is 12.1 Å². The normalized spacial score (nSPS) is 11.5. The number of nitrogens with one attached hydrogen (secondary N) is 1. The van der Waals surface area contributed by atoms with Gasteiger partial charge in [-0.2, -0.15) is 5.10 Å². The summed E-state index contributed by atoms with van der Waals surface area (Å²) >= 11 is 3.44. The Morgan fingerprint density at radius 2 is 1.96 bits per heavy atom. The van der Waals surface area contributed by atoms with Crippen LogP contribution in [0.5, 0.6) is 5.75 Å². The molecule has 0 aliphatic carbocycles. The molecule has 0 saturated carbocycles. The van der Waals surface area contributed by atoms with Gasteiger partial charge in [0.25, 0.3) is 5.56 Å². The summed E-state index contributed by atoms with van der Waals surface area (Å²) in [6.07, 6.45) is 1.51. The van der Waals surface area contributed by atoms with Crippen LogP contribution in [0.1, 0.15) is 19.4 Å². The number of hydrogen-bond donors (Lipinski definition) is 1. The molecule has 1 N–H and O–H groups in total. The minimum absolute atomic E-state index is 0.0607. The van der Waals surface area contributed by atoms with Crippen LogP contribution in [0.15, 0.2) is 61.6 Å². The molecule has 3 aromatic rings. The van der Waals surface area contributed by atoms with E-state index < -0.39 is 11.2 Å². The minimum atomic E-state index is -0.584. The summed E-state index contributed by atoms with van der Waals surface area (Å²) in [5.74, 6) is 0.716. The van der Waals surface area contributed by atoms with Gasteiger partial charge in [0.05, 0.1) is 27.7 Å². The number of nitrogens with zero attached hydrogens (tertiary/aromatic N) is 2. The van der Waals surface area contributed by atoms with Crippen LogP contribution in [0.3, 0.4) is 0 Å². The van der Waals surface area contributed by atoms with Crippen LogP contribution in [0.25, 0.3) is 10.9 Å². The fourth-order valence-electron chi connectivity index (χ4n) is 2.33. The molecule has 0 aliphatic heterocycles. The molecule has 7 heteroatoms. The van der Waals surface area contributed by atoms with E-state index in [-0.39, 0.29) is 6.10 Å². The van der Waals surface area contributed by atoms with Gasteiger partial charge in [0, 0.05) is 0 Å². The summed E-state index contributed by atoms with van der Waals surface area (Å²) in [6.45, 7) is 3.89. The molecule has 0 aliphatic rings. The number of rotatable bonds is 4. The predicted octanol–water partition coefficient (Wildman–Crippen LogP) is 3.12. The number of halogens is 1. The van der Waals surface area contributed by atoms with Crippen molar-refractivity contribution in [2.45, 2.75) is 20.0 Å². The molecule has 128 valence electrons. The Balaban J connectivity index is 1.97. The molecule has 6 nitrogen and oxygen atoms in total. The van der Waals surface area contributed by atoms with Gasteiger partial charge in [-0.15, -0.1) is 4.68 Å². The highest BCUT2D eigenvalue weighted by atomic mass is 79.9. The van der Waals surface area contributed by atoms with Crippen LogP contribution < -0.4 is 16.0 Å². The second-order valence-corrected chi connectivity index (χ2v) is 6.55. The van der Waals surface area contributed by atoms with Gasteiger partial charge in [-0.3, -0.25) is 4.79 Å². The third kappa shape index (κ3) is 3.71. The molecule has 25 heavy (non-hydrogen) atoms. The van der Waals surface area contributed by atoms with Gasteiger partial charge >= 0.3 is 5.69 Å². The summed E-state index contributed by atoms with van der Waals surface area (Å²) in [7, 11) is 0. The smallest absolute Gasteiger partial charge is 0.349 e. The van der Waals surface area contributed by atoms with E-state index in [1.54, 1.807) is 36.4 Å². The highest BCUT2D eigenvalue weighted by Gasteiger charge is 2.06. The fourth-order valence-corrected chi connectivity index (χ4v) is 2.82. The fraction of sp³-hybridized carbons (Fsp3) is 0.167. The van der Waals surface area contributed by atoms with E-state index in [2.05, 4.69) is 26.0 Å². The third-order valence-corrected chi connectivity index (χ3v) is 4.04. The van der Waals surface area contributed by atoms with Crippen LogP contribution >= 0.6 is 15.9 Å². The summed E-state index contributed by atoms with van der Waals surface area (Å²) in [5.41, 5.74) is 0.164. The monoisotopic (exact) mass is 401 g/mol. The molecule has 2 aromatic carbocycles. The molecular formula is C18H16BrN3O3. The second-order valence-electron chi connectivity index (χ2n) is 5.69. The Kier molecular flexibility index (Phi) is 4.85. The maximum atomic E-state index is 12.4. The first-order chi connectivity index (χ1) is 12.0. The molecule has 0 amide bonds. The van der Waals surface area contributed by atoms with Crippen molar-refractivity contribution in [3.05, 3.63) is 73.3 Å². The second kappa shape index (κ2) is 7.06. The van der Waals surface area contributed by atoms with E-state index in [0.29, 0.717) is 16.7 Å². The number of aromatic nitrogens is 2. The Labute approximate surface area is 151 Å². The zero-order valence-corrected chi connectivity index (χ0v) is 15.3. The molecule has 0 unspecified atom stereocenters. The van der Waals surface area contributed by atoms with Crippen molar-refractivity contribution in [1.29, 1.82) is 0 Å². The van der Waals surface area contributed by atoms with E-state index in [1.807, 2.05) is 19.9 Å². The summed E-state index contributed by atoms with van der Waals surface area (Å²) < 4.78 is 7.23. The lowest BCUT2D eigenvalue weighted by Crippen LogP contribution is -2.32. The highest BCUT2D eigenvalue weighted by molar-refractivity contribution is 9.10. The SMILES string of the molecule is CC(C)Oc1ccc(C=Nn2c(=O)[nH]c3ccccc3c2=O)cc1Br. The van der Waals surface area contributed by atoms with Gasteiger partial charge < -0.3 is 9.72 Å². The van der Waals surface area contributed by atoms with E-state index in [0.717, 1.165) is 14.7 Å². The Morgan fingerprint density at radius 1 is 1.20 bits per heavy atom. The van der Waals surface area contributed by atoms with Crippen molar-refractivity contribution in [3.63, 3.8) is 0 Å². The molecule has 0 atom stereocenters. The molecule has 0 bridgehead atoms. The van der Waals surface area contributed by atoms with Gasteiger partial charge in [-0.05, 0) is 65.7 Å². The number of para-hydroxylation sites is 1. The average Bonchev–Trinajstić information content (AvgIpc) is 2.56. The molecular weight excluding hydrogens is 386 g/mol. The largest absolute Gasteiger partial charge is 0.490 e. The number of H-pyrrole nitrogens is 1. The molecule has 0 saturated heterocycles. The molecule has 0 fully saturated rings. The maximum absolute atomic E-state index is 12.4. The zero-order chi connectivity index (χ0) is 18.0. The predicted molar refractivity (Wildman–Crippen MR) is 102 cm³/mol. The van der Waals surface area contributed by atoms with Crippen molar-refractivity contribution in [2.24, 2.45) is 5.10 Å². The summed E-state index contributed by atoms with van der Waals surface area (Å²) in [5, 5.41) is 4.43. The lowest BCUT2D eigenvalue weighted by atomic mass is 10.2. The van der Waals surface area contributed by atoms with Gasteiger partial charge in [-0.25, -0.2) is 4.79 Å². The molecule has 1 aromatic heterocycles. The van der Waals surface area contributed by atoms with Gasteiger partial charge in [0.15, 0.2) is 0 Å². The maximum Gasteiger partial charge on any atom is 0.349 e. The number of ether oxygens (including phenoxy) is 1. The van der Waals surface area contributed by atoms with Gasteiger partial charge in [0.1, 0.15) is 5.75 Å². The first-order valence-corrected chi connectivity index (χ1v) is 8.49. The van der Waals surface area contributed by atoms with Crippen LogP contribution in [0.4, 0.5) is 0 Å². The minimum Gasteiger partial charge on any atom is -0.490 e. The molecule has 0 radical (unpaired) electrons. The van der Waals surface area contributed by atoms with Gasteiger partial charge in [0.2, 0.25) is 0 Å².